The third-order valence-electron chi connectivity index (χ3n) is 6.62. The van der Waals surface area contributed by atoms with Crippen LogP contribution in [0, 0.1) is 12.8 Å². The fraction of sp³-hybridized carbons (Fsp3) is 0.400. The van der Waals surface area contributed by atoms with Gasteiger partial charge in [0.2, 0.25) is 0 Å². The van der Waals surface area contributed by atoms with Gasteiger partial charge in [0.25, 0.3) is 0 Å². The van der Waals surface area contributed by atoms with Gasteiger partial charge in [0, 0.05) is 35.1 Å². The number of hydrogen-bond acceptors (Lipinski definition) is 2. The quantitative estimate of drug-likeness (QED) is 0.386. The number of carbonyl (C=O) groups is 1. The molecule has 0 atom stereocenters. The van der Waals surface area contributed by atoms with Gasteiger partial charge in [-0.3, -0.25) is 4.79 Å². The fourth-order valence-electron chi connectivity index (χ4n) is 4.61. The lowest BCUT2D eigenvalue weighted by atomic mass is 9.87. The Labute approximate surface area is 205 Å². The number of fused-ring (bicyclic) bond motifs is 1. The average Bonchev–Trinajstić information content (AvgIpc) is 3.09. The van der Waals surface area contributed by atoms with Gasteiger partial charge < -0.3 is 14.4 Å². The van der Waals surface area contributed by atoms with Crippen molar-refractivity contribution in [3.05, 3.63) is 62.8 Å². The van der Waals surface area contributed by atoms with Crippen LogP contribution in [-0.4, -0.2) is 21.7 Å². The van der Waals surface area contributed by atoms with E-state index in [1.807, 2.05) is 6.07 Å². The average molecular weight is 514 g/mol. The van der Waals surface area contributed by atoms with Crippen molar-refractivity contribution in [2.24, 2.45) is 13.0 Å². The summed E-state index contributed by atoms with van der Waals surface area (Å²) in [7, 11) is 1.72. The minimum absolute atomic E-state index is 0.136. The van der Waals surface area contributed by atoms with Crippen LogP contribution in [0.25, 0.3) is 10.9 Å². The molecule has 1 heterocycles. The van der Waals surface area contributed by atoms with Crippen LogP contribution < -0.4 is 4.74 Å². The Morgan fingerprint density at radius 1 is 1.15 bits per heavy atom. The zero-order valence-electron chi connectivity index (χ0n) is 18.7. The fourth-order valence-corrected chi connectivity index (χ4v) is 5.16. The monoisotopic (exact) mass is 513 g/mol. The predicted octanol–water partition coefficient (Wildman–Crippen LogP) is 7.43. The number of aliphatic carboxylic acids is 1. The van der Waals surface area contributed by atoms with E-state index in [1.54, 1.807) is 30.7 Å². The van der Waals surface area contributed by atoms with Crippen molar-refractivity contribution in [1.82, 2.24) is 4.57 Å². The van der Waals surface area contributed by atoms with Gasteiger partial charge in [-0.15, -0.1) is 0 Å². The van der Waals surface area contributed by atoms with E-state index in [2.05, 4.69) is 0 Å². The number of hydrogen-bond donors (Lipinski definition) is 1. The molecular formula is C25H24Cl2F3NO3. The number of aryl methyl sites for hydroxylation is 2. The molecule has 9 heteroatoms. The van der Waals surface area contributed by atoms with E-state index >= 15 is 0 Å². The van der Waals surface area contributed by atoms with Gasteiger partial charge in [0.1, 0.15) is 5.75 Å². The molecule has 3 aromatic rings. The second-order valence-electron chi connectivity index (χ2n) is 8.86. The molecule has 4 rings (SSSR count). The summed E-state index contributed by atoms with van der Waals surface area (Å²) in [5.41, 5.74) is 1.73. The first-order chi connectivity index (χ1) is 16.0. The molecule has 4 nitrogen and oxygen atoms in total. The first kappa shape index (κ1) is 24.7. The standard InChI is InChI=1S/C25H24Cl2F3NO3/c1-13-9-15(25(28,29)30)10-21-18(13)11-16(31(21)2)12-19-20(26)7-8-22(23(19)27)34-17-5-3-14(4-6-17)24(32)33/h7-11,14,17H,3-6,12H2,1-2H3,(H,32,33)/t14-,17+. The molecule has 1 aromatic heterocycles. The minimum atomic E-state index is -4.43. The molecule has 0 unspecified atom stereocenters. The third-order valence-corrected chi connectivity index (χ3v) is 7.39. The lowest BCUT2D eigenvalue weighted by Gasteiger charge is -2.27. The Balaban J connectivity index is 1.61. The summed E-state index contributed by atoms with van der Waals surface area (Å²) in [6.07, 6.45) is -1.91. The summed E-state index contributed by atoms with van der Waals surface area (Å²) in [6, 6.07) is 7.55. The highest BCUT2D eigenvalue weighted by Gasteiger charge is 2.32. The van der Waals surface area contributed by atoms with Crippen molar-refractivity contribution in [1.29, 1.82) is 0 Å². The number of ether oxygens (including phenoxy) is 1. The minimum Gasteiger partial charge on any atom is -0.489 e. The van der Waals surface area contributed by atoms with Gasteiger partial charge in [0.05, 0.1) is 22.6 Å². The first-order valence-corrected chi connectivity index (χ1v) is 11.7. The number of rotatable bonds is 5. The number of carboxylic acids is 1. The largest absolute Gasteiger partial charge is 0.489 e. The second kappa shape index (κ2) is 9.34. The van der Waals surface area contributed by atoms with E-state index in [0.717, 1.165) is 23.2 Å². The Morgan fingerprint density at radius 2 is 1.82 bits per heavy atom. The van der Waals surface area contributed by atoms with Crippen LogP contribution in [0.5, 0.6) is 5.75 Å². The Kier molecular flexibility index (Phi) is 6.80. The van der Waals surface area contributed by atoms with Gasteiger partial charge in [-0.1, -0.05) is 23.2 Å². The lowest BCUT2D eigenvalue weighted by molar-refractivity contribution is -0.143. The van der Waals surface area contributed by atoms with E-state index in [9.17, 15) is 23.1 Å². The summed E-state index contributed by atoms with van der Waals surface area (Å²) < 4.78 is 47.7. The Morgan fingerprint density at radius 3 is 2.44 bits per heavy atom. The predicted molar refractivity (Wildman–Crippen MR) is 126 cm³/mol. The van der Waals surface area contributed by atoms with E-state index in [0.29, 0.717) is 64.5 Å². The highest BCUT2D eigenvalue weighted by atomic mass is 35.5. The zero-order chi connectivity index (χ0) is 24.8. The molecule has 0 saturated heterocycles. The van der Waals surface area contributed by atoms with Gasteiger partial charge >= 0.3 is 12.1 Å². The van der Waals surface area contributed by atoms with Crippen LogP contribution in [0.3, 0.4) is 0 Å². The molecule has 1 saturated carbocycles. The summed E-state index contributed by atoms with van der Waals surface area (Å²) >= 11 is 13.1. The zero-order valence-corrected chi connectivity index (χ0v) is 20.2. The number of halogens is 5. The van der Waals surface area contributed by atoms with Gasteiger partial charge in [-0.05, 0) is 74.1 Å². The third kappa shape index (κ3) is 4.86. The number of nitrogens with zero attached hydrogens (tertiary/aromatic N) is 1. The molecule has 1 fully saturated rings. The molecule has 34 heavy (non-hydrogen) atoms. The molecule has 1 aliphatic rings. The van der Waals surface area contributed by atoms with Crippen molar-refractivity contribution in [3.8, 4) is 5.75 Å². The van der Waals surface area contributed by atoms with Crippen LogP contribution in [0.15, 0.2) is 30.3 Å². The van der Waals surface area contributed by atoms with Crippen LogP contribution in [0.1, 0.15) is 48.1 Å². The van der Waals surface area contributed by atoms with E-state index in [1.165, 1.54) is 0 Å². The number of alkyl halides is 3. The maximum atomic E-state index is 13.3. The first-order valence-electron chi connectivity index (χ1n) is 11.0. The summed E-state index contributed by atoms with van der Waals surface area (Å²) in [5.74, 6) is -0.657. The van der Waals surface area contributed by atoms with Crippen molar-refractivity contribution >= 4 is 40.1 Å². The maximum Gasteiger partial charge on any atom is 0.416 e. The van der Waals surface area contributed by atoms with Crippen LogP contribution >= 0.6 is 23.2 Å². The van der Waals surface area contributed by atoms with Crippen LogP contribution in [0.4, 0.5) is 13.2 Å². The van der Waals surface area contributed by atoms with Crippen LogP contribution in [0.2, 0.25) is 10.0 Å². The van der Waals surface area contributed by atoms with Crippen molar-refractivity contribution in [2.45, 2.75) is 51.3 Å². The van der Waals surface area contributed by atoms with Crippen molar-refractivity contribution < 1.29 is 27.8 Å². The smallest absolute Gasteiger partial charge is 0.416 e. The molecule has 182 valence electrons. The number of benzene rings is 2. The van der Waals surface area contributed by atoms with Gasteiger partial charge in [0.15, 0.2) is 0 Å². The Bertz CT molecular complexity index is 1240. The Hall–Kier alpha value is -2.38. The van der Waals surface area contributed by atoms with Crippen molar-refractivity contribution in [3.63, 3.8) is 0 Å². The maximum absolute atomic E-state index is 13.3. The lowest BCUT2D eigenvalue weighted by Crippen LogP contribution is -2.27. The molecular weight excluding hydrogens is 490 g/mol. The SMILES string of the molecule is Cc1cc(C(F)(F)F)cc2c1cc(Cc1c(Cl)ccc(O[C@H]3CC[C@@H](C(=O)O)CC3)c1Cl)n2C. The number of aromatic nitrogens is 1. The summed E-state index contributed by atoms with van der Waals surface area (Å²) in [4.78, 5) is 11.2. The molecule has 1 N–H and O–H groups in total. The molecule has 0 radical (unpaired) electrons. The van der Waals surface area contributed by atoms with E-state index in [-0.39, 0.29) is 12.0 Å². The van der Waals surface area contributed by atoms with Crippen LogP contribution in [-0.2, 0) is 24.4 Å². The molecule has 0 aliphatic heterocycles. The van der Waals surface area contributed by atoms with Crippen molar-refractivity contribution in [2.75, 3.05) is 0 Å². The summed E-state index contributed by atoms with van der Waals surface area (Å²) in [5, 5.41) is 10.7. The molecule has 2 aromatic carbocycles. The van der Waals surface area contributed by atoms with E-state index in [4.69, 9.17) is 27.9 Å². The summed E-state index contributed by atoms with van der Waals surface area (Å²) in [6.45, 7) is 1.66. The molecule has 1 aliphatic carbocycles. The van der Waals surface area contributed by atoms with Gasteiger partial charge in [-0.2, -0.15) is 13.2 Å². The highest BCUT2D eigenvalue weighted by molar-refractivity contribution is 6.37. The molecule has 0 spiro atoms. The molecule has 0 bridgehead atoms. The highest BCUT2D eigenvalue weighted by Crippen LogP contribution is 2.39. The topological polar surface area (TPSA) is 51.5 Å². The van der Waals surface area contributed by atoms with E-state index < -0.39 is 17.7 Å². The van der Waals surface area contributed by atoms with Gasteiger partial charge in [-0.25, -0.2) is 0 Å². The second-order valence-corrected chi connectivity index (χ2v) is 9.65. The normalized spacial score (nSPS) is 18.9. The molecule has 0 amide bonds. The number of carboxylic acid groups (broad SMARTS) is 1.